The summed E-state index contributed by atoms with van der Waals surface area (Å²) >= 11 is 0. The molecule has 0 atom stereocenters. The molecule has 0 saturated carbocycles. The Balaban J connectivity index is 0.000000213. The maximum atomic E-state index is 13.9. The Kier molecular flexibility index (Phi) is 13.5. The summed E-state index contributed by atoms with van der Waals surface area (Å²) in [6, 6.07) is 22.9. The number of nitriles is 1. The molecule has 0 aliphatic carbocycles. The minimum atomic E-state index is -4.61. The van der Waals surface area contributed by atoms with E-state index in [2.05, 4.69) is 20.6 Å². The number of fused-ring (bicyclic) bond motifs is 1. The van der Waals surface area contributed by atoms with Gasteiger partial charge in [-0.15, -0.1) is 0 Å². The van der Waals surface area contributed by atoms with Crippen molar-refractivity contribution in [3.63, 3.8) is 0 Å². The number of amidine groups is 1. The number of rotatable bonds is 10. The molecule has 64 heavy (non-hydrogen) atoms. The normalized spacial score (nSPS) is 13.1. The zero-order chi connectivity index (χ0) is 46.6. The largest absolute Gasteiger partial charge is 0.506 e. The average molecular weight is 884 g/mol. The molecule has 0 bridgehead atoms. The maximum Gasteiger partial charge on any atom is 0.418 e. The molecule has 17 heteroatoms. The number of hydrogen-bond donors (Lipinski definition) is 6. The molecule has 0 radical (unpaired) electrons. The van der Waals surface area contributed by atoms with Crippen molar-refractivity contribution in [2.75, 3.05) is 10.6 Å². The van der Waals surface area contributed by atoms with Gasteiger partial charge in [0.25, 0.3) is 0 Å². The number of anilines is 2. The van der Waals surface area contributed by atoms with Gasteiger partial charge in [-0.05, 0) is 83.6 Å². The number of aliphatic hydroxyl groups is 1. The molecule has 0 amide bonds. The number of nitrogens with two attached hydrogens (primary N) is 1. The minimum absolute atomic E-state index is 0.0350. The van der Waals surface area contributed by atoms with Gasteiger partial charge in [0.05, 0.1) is 47.4 Å². The van der Waals surface area contributed by atoms with E-state index in [1.54, 1.807) is 87.6 Å². The molecule has 7 N–H and O–H groups in total. The van der Waals surface area contributed by atoms with Crippen LogP contribution in [0, 0.1) is 30.6 Å². The second kappa shape index (κ2) is 18.7. The van der Waals surface area contributed by atoms with Gasteiger partial charge in [0.2, 0.25) is 5.79 Å². The zero-order valence-corrected chi connectivity index (χ0v) is 35.0. The number of aromatic nitrogens is 2. The predicted molar refractivity (Wildman–Crippen MR) is 229 cm³/mol. The molecular weight excluding hydrogens is 841 g/mol. The second-order valence-corrected chi connectivity index (χ2v) is 15.2. The van der Waals surface area contributed by atoms with E-state index in [1.165, 1.54) is 18.3 Å². The van der Waals surface area contributed by atoms with Crippen LogP contribution in [0.4, 0.5) is 37.7 Å². The van der Waals surface area contributed by atoms with Crippen LogP contribution < -0.4 is 21.1 Å². The lowest BCUT2D eigenvalue weighted by molar-refractivity contribution is -0.180. The van der Waals surface area contributed by atoms with E-state index in [9.17, 15) is 36.6 Å². The Morgan fingerprint density at radius 3 is 1.77 bits per heavy atom. The molecule has 1 aliphatic rings. The van der Waals surface area contributed by atoms with Gasteiger partial charge in [0.15, 0.2) is 0 Å². The Morgan fingerprint density at radius 2 is 1.27 bits per heavy atom. The summed E-state index contributed by atoms with van der Waals surface area (Å²) in [4.78, 5) is 8.34. The first-order chi connectivity index (χ1) is 30.2. The number of ether oxygens (including phenoxy) is 2. The molecule has 332 valence electrons. The number of hydrogen-bond acceptors (Lipinski definition) is 10. The lowest BCUT2D eigenvalue weighted by Gasteiger charge is -2.34. The molecule has 0 fully saturated rings. The number of nitrogen functional groups attached to an aromatic ring is 1. The number of nitrogens with one attached hydrogen (secondary N) is 3. The highest BCUT2D eigenvalue weighted by atomic mass is 19.4. The number of pyridine rings is 2. The maximum absolute atomic E-state index is 13.9. The van der Waals surface area contributed by atoms with Crippen LogP contribution in [0.3, 0.4) is 0 Å². The van der Waals surface area contributed by atoms with Crippen LogP contribution in [0.1, 0.15) is 69.7 Å². The first-order valence-corrected chi connectivity index (χ1v) is 19.6. The van der Waals surface area contributed by atoms with Crippen molar-refractivity contribution < 1.29 is 46.0 Å². The third-order valence-corrected chi connectivity index (χ3v) is 10.4. The first-order valence-electron chi connectivity index (χ1n) is 19.6. The van der Waals surface area contributed by atoms with Gasteiger partial charge in [-0.3, -0.25) is 15.4 Å². The second-order valence-electron chi connectivity index (χ2n) is 15.2. The summed E-state index contributed by atoms with van der Waals surface area (Å²) in [7, 11) is 0. The Labute approximate surface area is 364 Å². The number of aryl methyl sites for hydroxylation is 2. The molecule has 3 heterocycles. The molecule has 0 saturated heterocycles. The van der Waals surface area contributed by atoms with Gasteiger partial charge in [-0.25, -0.2) is 0 Å². The molecule has 6 aromatic rings. The minimum Gasteiger partial charge on any atom is -0.506 e. The fourth-order valence-corrected chi connectivity index (χ4v) is 6.84. The van der Waals surface area contributed by atoms with Crippen LogP contribution in [0.15, 0.2) is 97.3 Å². The van der Waals surface area contributed by atoms with E-state index in [0.717, 1.165) is 17.7 Å². The summed E-state index contributed by atoms with van der Waals surface area (Å²) < 4.78 is 94.4. The number of aliphatic hydroxyl groups excluding tert-OH is 1. The van der Waals surface area contributed by atoms with Crippen LogP contribution in [0.25, 0.3) is 22.3 Å². The van der Waals surface area contributed by atoms with Gasteiger partial charge in [-0.2, -0.15) is 31.6 Å². The summed E-state index contributed by atoms with van der Waals surface area (Å²) in [6.07, 6.45) is -6.12. The van der Waals surface area contributed by atoms with Gasteiger partial charge in [-0.1, -0.05) is 48.5 Å². The van der Waals surface area contributed by atoms with Crippen molar-refractivity contribution in [3.8, 4) is 39.8 Å². The van der Waals surface area contributed by atoms with Crippen LogP contribution in [0.2, 0.25) is 0 Å². The van der Waals surface area contributed by atoms with E-state index in [1.807, 2.05) is 13.0 Å². The monoisotopic (exact) mass is 883 g/mol. The third kappa shape index (κ3) is 10.7. The molecule has 11 nitrogen and oxygen atoms in total. The SMILES string of the molecule is Cc1ncc(CNc2ccc(-c3ccc(C#N)cc3)cc2C(F)(F)F)c2c1OC(C)(C)OC2.Cc1ncc(CNc2ccc(-c3ccc(C(=N)N)cc3)cc2C(F)(F)F)c(CO)c1O. The fourth-order valence-electron chi connectivity index (χ4n) is 6.84. The summed E-state index contributed by atoms with van der Waals surface area (Å²) in [5.74, 6) is -0.489. The highest BCUT2D eigenvalue weighted by Crippen LogP contribution is 2.41. The molecular formula is C47H43F6N7O4. The van der Waals surface area contributed by atoms with E-state index in [0.29, 0.717) is 61.6 Å². The van der Waals surface area contributed by atoms with E-state index < -0.39 is 35.9 Å². The van der Waals surface area contributed by atoms with E-state index in [-0.39, 0.29) is 48.2 Å². The average Bonchev–Trinajstić information content (AvgIpc) is 3.26. The van der Waals surface area contributed by atoms with Crippen LogP contribution in [-0.4, -0.2) is 31.8 Å². The number of halogens is 6. The molecule has 0 spiro atoms. The number of alkyl halides is 6. The van der Waals surface area contributed by atoms with E-state index in [4.69, 9.17) is 25.9 Å². The van der Waals surface area contributed by atoms with Crippen LogP contribution >= 0.6 is 0 Å². The van der Waals surface area contributed by atoms with Crippen molar-refractivity contribution in [1.29, 1.82) is 10.7 Å². The number of nitrogens with zero attached hydrogens (tertiary/aromatic N) is 3. The quantitative estimate of drug-likeness (QED) is 0.0440. The molecule has 1 aliphatic heterocycles. The third-order valence-electron chi connectivity index (χ3n) is 10.4. The highest BCUT2D eigenvalue weighted by molar-refractivity contribution is 5.95. The van der Waals surface area contributed by atoms with Crippen LogP contribution in [-0.2, 0) is 43.4 Å². The topological polar surface area (TPSA) is 182 Å². The smallest absolute Gasteiger partial charge is 0.418 e. The van der Waals surface area contributed by atoms with Crippen molar-refractivity contribution >= 4 is 17.2 Å². The summed E-state index contributed by atoms with van der Waals surface area (Å²) in [5, 5.41) is 41.5. The van der Waals surface area contributed by atoms with Gasteiger partial charge < -0.3 is 36.1 Å². The van der Waals surface area contributed by atoms with Crippen molar-refractivity contribution in [2.24, 2.45) is 5.73 Å². The molecule has 0 unspecified atom stereocenters. The number of aromatic hydroxyl groups is 1. The zero-order valence-electron chi connectivity index (χ0n) is 35.0. The van der Waals surface area contributed by atoms with Crippen molar-refractivity contribution in [1.82, 2.24) is 9.97 Å². The molecule has 4 aromatic carbocycles. The van der Waals surface area contributed by atoms with Crippen molar-refractivity contribution in [2.45, 2.75) is 72.1 Å². The van der Waals surface area contributed by atoms with Gasteiger partial charge >= 0.3 is 12.4 Å². The van der Waals surface area contributed by atoms with Gasteiger partial charge in [0, 0.05) is 67.4 Å². The fraction of sp³-hybridized carbons (Fsp3) is 0.234. The lowest BCUT2D eigenvalue weighted by Crippen LogP contribution is -2.36. The Morgan fingerprint density at radius 1 is 0.781 bits per heavy atom. The van der Waals surface area contributed by atoms with Crippen LogP contribution in [0.5, 0.6) is 11.5 Å². The first kappa shape index (κ1) is 46.3. The predicted octanol–water partition coefficient (Wildman–Crippen LogP) is 10.4. The van der Waals surface area contributed by atoms with Crippen molar-refractivity contribution in [3.05, 3.63) is 153 Å². The molecule has 7 rings (SSSR count). The Bertz CT molecular complexity index is 2720. The van der Waals surface area contributed by atoms with Gasteiger partial charge in [0.1, 0.15) is 17.3 Å². The van der Waals surface area contributed by atoms with E-state index >= 15 is 0 Å². The standard InChI is InChI=1S/C25H22F3N3O2.C22H21F3N4O2/c1-15-23-20(14-32-24(2,3)33-23)19(12-30-15)13-31-22-9-8-18(10-21(22)25(26,27)28)17-6-4-16(11-29)5-7-17;1-12-20(31)17(11-30)16(9-28-12)10-29-19-7-6-15(8-18(19)22(23,24)25)13-2-4-14(5-3-13)21(26)27/h4-10,12,31H,13-14H2,1-3H3;2-9,29-31H,10-11H2,1H3,(H3,26,27). The molecule has 2 aromatic heterocycles. The summed E-state index contributed by atoms with van der Waals surface area (Å²) in [5.41, 5.74) is 9.58. The summed E-state index contributed by atoms with van der Waals surface area (Å²) in [6.45, 7) is 6.86. The number of benzene rings is 4. The Hall–Kier alpha value is -7.16. The lowest BCUT2D eigenvalue weighted by atomic mass is 10.00. The highest BCUT2D eigenvalue weighted by Gasteiger charge is 2.36.